The maximum atomic E-state index is 12.5. The Morgan fingerprint density at radius 2 is 2.00 bits per heavy atom. The number of nitrogens with zero attached hydrogens (tertiary/aromatic N) is 1. The first kappa shape index (κ1) is 20.3. The van der Waals surface area contributed by atoms with E-state index in [1.165, 1.54) is 12.1 Å². The predicted octanol–water partition coefficient (Wildman–Crippen LogP) is 2.51. The molecule has 28 heavy (non-hydrogen) atoms. The molecule has 3 rings (SSSR count). The average Bonchev–Trinajstić information content (AvgIpc) is 3.10. The van der Waals surface area contributed by atoms with Crippen LogP contribution >= 0.6 is 0 Å². The zero-order valence-electron chi connectivity index (χ0n) is 15.8. The Balaban J connectivity index is 1.64. The van der Waals surface area contributed by atoms with Crippen molar-refractivity contribution < 1.29 is 17.9 Å². The number of likely N-dealkylation sites (tertiary alicyclic amines) is 1. The zero-order chi connectivity index (χ0) is 20.1. The van der Waals surface area contributed by atoms with E-state index in [9.17, 15) is 13.2 Å². The highest BCUT2D eigenvalue weighted by Crippen LogP contribution is 2.32. The highest BCUT2D eigenvalue weighted by molar-refractivity contribution is 7.89. The van der Waals surface area contributed by atoms with E-state index in [0.717, 1.165) is 30.7 Å². The van der Waals surface area contributed by atoms with Gasteiger partial charge in [0.1, 0.15) is 5.75 Å². The molecule has 1 amide bonds. The first-order valence-corrected chi connectivity index (χ1v) is 10.8. The van der Waals surface area contributed by atoms with Crippen LogP contribution in [0.4, 0.5) is 5.69 Å². The summed E-state index contributed by atoms with van der Waals surface area (Å²) < 4.78 is 28.4. The van der Waals surface area contributed by atoms with Gasteiger partial charge < -0.3 is 10.1 Å². The van der Waals surface area contributed by atoms with Crippen LogP contribution in [0.25, 0.3) is 0 Å². The molecule has 2 aromatic carbocycles. The average molecular weight is 404 g/mol. The van der Waals surface area contributed by atoms with Gasteiger partial charge in [0.25, 0.3) is 0 Å². The minimum absolute atomic E-state index is 0.0289. The number of rotatable bonds is 7. The topological polar surface area (TPSA) is 102 Å². The number of nitrogens with one attached hydrogen (secondary N) is 1. The molecule has 0 spiro atoms. The standard InChI is InChI=1S/C20H25N3O4S/c1-2-27-17-10-8-15(9-11-17)19-7-4-12-23(19)14-20(24)22-16-5-3-6-18(13-16)28(21,25)26/h3,5-6,8-11,13,19H,2,4,7,12,14H2,1H3,(H,22,24)(H2,21,25,26). The van der Waals surface area contributed by atoms with Crippen LogP contribution in [0, 0.1) is 0 Å². The van der Waals surface area contributed by atoms with E-state index < -0.39 is 10.0 Å². The highest BCUT2D eigenvalue weighted by atomic mass is 32.2. The van der Waals surface area contributed by atoms with Crippen molar-refractivity contribution in [3.8, 4) is 5.75 Å². The van der Waals surface area contributed by atoms with Crippen LogP contribution in [-0.4, -0.2) is 38.9 Å². The first-order valence-electron chi connectivity index (χ1n) is 9.26. The molecule has 8 heteroatoms. The fourth-order valence-corrected chi connectivity index (χ4v) is 4.04. The summed E-state index contributed by atoms with van der Waals surface area (Å²) in [5, 5.41) is 7.90. The van der Waals surface area contributed by atoms with Gasteiger partial charge >= 0.3 is 0 Å². The molecule has 0 saturated carbocycles. The molecule has 1 aliphatic rings. The van der Waals surface area contributed by atoms with Crippen molar-refractivity contribution in [2.24, 2.45) is 5.14 Å². The van der Waals surface area contributed by atoms with E-state index in [1.54, 1.807) is 12.1 Å². The Labute approximate surface area is 165 Å². The van der Waals surface area contributed by atoms with Crippen molar-refractivity contribution in [1.29, 1.82) is 0 Å². The van der Waals surface area contributed by atoms with Gasteiger partial charge in [0.2, 0.25) is 15.9 Å². The Morgan fingerprint density at radius 3 is 2.68 bits per heavy atom. The van der Waals surface area contributed by atoms with Crippen LogP contribution in [0.2, 0.25) is 0 Å². The molecule has 1 heterocycles. The number of amides is 1. The van der Waals surface area contributed by atoms with Crippen molar-refractivity contribution in [3.63, 3.8) is 0 Å². The molecule has 7 nitrogen and oxygen atoms in total. The number of carbonyl (C=O) groups excluding carboxylic acids is 1. The summed E-state index contributed by atoms with van der Waals surface area (Å²) in [5.41, 5.74) is 1.57. The van der Waals surface area contributed by atoms with E-state index in [4.69, 9.17) is 9.88 Å². The third-order valence-electron chi connectivity index (χ3n) is 4.73. The molecule has 3 N–H and O–H groups in total. The van der Waals surface area contributed by atoms with Crippen molar-refractivity contribution in [2.75, 3.05) is 25.0 Å². The molecule has 1 atom stereocenters. The van der Waals surface area contributed by atoms with Gasteiger partial charge in [0.15, 0.2) is 0 Å². The summed E-state index contributed by atoms with van der Waals surface area (Å²) in [6.07, 6.45) is 2.01. The third-order valence-corrected chi connectivity index (χ3v) is 5.64. The quantitative estimate of drug-likeness (QED) is 0.740. The summed E-state index contributed by atoms with van der Waals surface area (Å²) in [4.78, 5) is 14.6. The first-order chi connectivity index (χ1) is 13.4. The SMILES string of the molecule is CCOc1ccc(C2CCCN2CC(=O)Nc2cccc(S(N)(=O)=O)c2)cc1. The number of nitrogens with two attached hydrogens (primary N) is 1. The number of benzene rings is 2. The van der Waals surface area contributed by atoms with Crippen LogP contribution in [0.15, 0.2) is 53.4 Å². The van der Waals surface area contributed by atoms with Crippen LogP contribution in [0.1, 0.15) is 31.4 Å². The number of anilines is 1. The van der Waals surface area contributed by atoms with E-state index in [1.807, 2.05) is 31.2 Å². The fourth-order valence-electron chi connectivity index (χ4n) is 3.48. The van der Waals surface area contributed by atoms with Gasteiger partial charge in [-0.15, -0.1) is 0 Å². The molecular formula is C20H25N3O4S. The van der Waals surface area contributed by atoms with Crippen molar-refractivity contribution in [3.05, 3.63) is 54.1 Å². The summed E-state index contributed by atoms with van der Waals surface area (Å²) >= 11 is 0. The summed E-state index contributed by atoms with van der Waals surface area (Å²) in [6, 6.07) is 14.1. The minimum atomic E-state index is -3.81. The number of primary sulfonamides is 1. The lowest BCUT2D eigenvalue weighted by molar-refractivity contribution is -0.117. The maximum Gasteiger partial charge on any atom is 0.238 e. The number of hydrogen-bond acceptors (Lipinski definition) is 5. The predicted molar refractivity (Wildman–Crippen MR) is 108 cm³/mol. The van der Waals surface area contributed by atoms with Crippen molar-refractivity contribution in [2.45, 2.75) is 30.7 Å². The van der Waals surface area contributed by atoms with Crippen LogP contribution in [-0.2, 0) is 14.8 Å². The van der Waals surface area contributed by atoms with Gasteiger partial charge in [0, 0.05) is 11.7 Å². The van der Waals surface area contributed by atoms with E-state index >= 15 is 0 Å². The second-order valence-electron chi connectivity index (χ2n) is 6.75. The molecule has 0 aliphatic carbocycles. The second-order valence-corrected chi connectivity index (χ2v) is 8.31. The molecule has 1 aliphatic heterocycles. The minimum Gasteiger partial charge on any atom is -0.494 e. The number of sulfonamides is 1. The van der Waals surface area contributed by atoms with Gasteiger partial charge in [-0.1, -0.05) is 18.2 Å². The second kappa shape index (κ2) is 8.72. The van der Waals surface area contributed by atoms with Gasteiger partial charge in [-0.05, 0) is 62.2 Å². The molecule has 1 unspecified atom stereocenters. The Bertz CT molecular complexity index is 929. The number of ether oxygens (including phenoxy) is 1. The number of hydrogen-bond donors (Lipinski definition) is 2. The zero-order valence-corrected chi connectivity index (χ0v) is 16.6. The normalized spacial score (nSPS) is 17.4. The summed E-state index contributed by atoms with van der Waals surface area (Å²) in [6.45, 7) is 3.64. The Kier molecular flexibility index (Phi) is 6.33. The molecule has 0 bridgehead atoms. The van der Waals surface area contributed by atoms with Gasteiger partial charge in [-0.2, -0.15) is 0 Å². The molecule has 1 saturated heterocycles. The van der Waals surface area contributed by atoms with Crippen molar-refractivity contribution in [1.82, 2.24) is 4.90 Å². The van der Waals surface area contributed by atoms with Crippen LogP contribution in [0.3, 0.4) is 0 Å². The monoisotopic (exact) mass is 403 g/mol. The Morgan fingerprint density at radius 1 is 1.25 bits per heavy atom. The van der Waals surface area contributed by atoms with Gasteiger partial charge in [-0.3, -0.25) is 9.69 Å². The van der Waals surface area contributed by atoms with E-state index in [2.05, 4.69) is 10.2 Å². The lowest BCUT2D eigenvalue weighted by Crippen LogP contribution is -2.33. The summed E-state index contributed by atoms with van der Waals surface area (Å²) in [7, 11) is -3.81. The molecular weight excluding hydrogens is 378 g/mol. The molecule has 0 radical (unpaired) electrons. The fraction of sp³-hybridized carbons (Fsp3) is 0.350. The molecule has 0 aromatic heterocycles. The lowest BCUT2D eigenvalue weighted by atomic mass is 10.0. The maximum absolute atomic E-state index is 12.5. The van der Waals surface area contributed by atoms with Gasteiger partial charge in [0.05, 0.1) is 18.0 Å². The molecule has 2 aromatic rings. The van der Waals surface area contributed by atoms with Crippen molar-refractivity contribution >= 4 is 21.6 Å². The van der Waals surface area contributed by atoms with Gasteiger partial charge in [-0.25, -0.2) is 13.6 Å². The van der Waals surface area contributed by atoms with Crippen LogP contribution in [0.5, 0.6) is 5.75 Å². The molecule has 150 valence electrons. The largest absolute Gasteiger partial charge is 0.494 e. The van der Waals surface area contributed by atoms with E-state index in [-0.39, 0.29) is 23.4 Å². The third kappa shape index (κ3) is 5.09. The number of carbonyl (C=O) groups is 1. The summed E-state index contributed by atoms with van der Waals surface area (Å²) in [5.74, 6) is 0.646. The smallest absolute Gasteiger partial charge is 0.238 e. The highest BCUT2D eigenvalue weighted by Gasteiger charge is 2.27. The van der Waals surface area contributed by atoms with E-state index in [0.29, 0.717) is 12.3 Å². The molecule has 1 fully saturated rings. The Hall–Kier alpha value is -2.42. The van der Waals surface area contributed by atoms with Crippen LogP contribution < -0.4 is 15.2 Å². The lowest BCUT2D eigenvalue weighted by Gasteiger charge is -2.24.